The van der Waals surface area contributed by atoms with Gasteiger partial charge in [0, 0.05) is 33.0 Å². The van der Waals surface area contributed by atoms with Gasteiger partial charge in [0.25, 0.3) is 11.5 Å². The minimum Gasteiger partial charge on any atom is -0.348 e. The molecule has 0 atom stereocenters. The molecule has 1 heterocycles. The lowest BCUT2D eigenvalue weighted by atomic mass is 10.0. The molecule has 0 radical (unpaired) electrons. The van der Waals surface area contributed by atoms with Crippen molar-refractivity contribution in [2.45, 2.75) is 20.4 Å². The molecule has 4 nitrogen and oxygen atoms in total. The van der Waals surface area contributed by atoms with E-state index in [1.807, 2.05) is 38.1 Å². The lowest BCUT2D eigenvalue weighted by molar-refractivity contribution is 0.0951. The Bertz CT molecular complexity index is 975. The van der Waals surface area contributed by atoms with Crippen molar-refractivity contribution < 1.29 is 4.79 Å². The van der Waals surface area contributed by atoms with E-state index in [0.717, 1.165) is 26.5 Å². The molecule has 0 unspecified atom stereocenters. The van der Waals surface area contributed by atoms with Gasteiger partial charge < -0.3 is 10.3 Å². The maximum Gasteiger partial charge on any atom is 0.253 e. The molecule has 0 bridgehead atoms. The van der Waals surface area contributed by atoms with Crippen LogP contribution in [0.25, 0.3) is 10.9 Å². The topological polar surface area (TPSA) is 62.0 Å². The zero-order valence-corrected chi connectivity index (χ0v) is 15.0. The minimum atomic E-state index is -0.206. The fourth-order valence-corrected chi connectivity index (χ4v) is 2.99. The molecule has 1 amide bonds. The van der Waals surface area contributed by atoms with Crippen LogP contribution < -0.4 is 10.9 Å². The van der Waals surface area contributed by atoms with E-state index in [1.165, 1.54) is 0 Å². The predicted molar refractivity (Wildman–Crippen MR) is 99.4 cm³/mol. The summed E-state index contributed by atoms with van der Waals surface area (Å²) in [7, 11) is 0. The highest BCUT2D eigenvalue weighted by molar-refractivity contribution is 9.10. The third kappa shape index (κ3) is 3.41. The number of carbonyl (C=O) groups is 1. The van der Waals surface area contributed by atoms with Gasteiger partial charge in [0.1, 0.15) is 0 Å². The molecule has 0 spiro atoms. The number of hydrogen-bond acceptors (Lipinski definition) is 2. The average Bonchev–Trinajstić information content (AvgIpc) is 2.53. The van der Waals surface area contributed by atoms with Gasteiger partial charge in [-0.15, -0.1) is 0 Å². The van der Waals surface area contributed by atoms with Gasteiger partial charge in [-0.05, 0) is 61.4 Å². The van der Waals surface area contributed by atoms with E-state index in [4.69, 9.17) is 0 Å². The number of halogens is 1. The van der Waals surface area contributed by atoms with E-state index in [-0.39, 0.29) is 18.0 Å². The van der Waals surface area contributed by atoms with Crippen LogP contribution in [0.2, 0.25) is 0 Å². The number of aromatic amines is 1. The third-order valence-corrected chi connectivity index (χ3v) is 4.46. The number of carbonyl (C=O) groups excluding carboxylic acids is 1. The Labute approximate surface area is 148 Å². The van der Waals surface area contributed by atoms with Crippen LogP contribution in [-0.2, 0) is 6.54 Å². The number of hydrogen-bond donors (Lipinski definition) is 2. The van der Waals surface area contributed by atoms with Crippen LogP contribution in [-0.4, -0.2) is 10.9 Å². The van der Waals surface area contributed by atoms with E-state index in [9.17, 15) is 9.59 Å². The maximum atomic E-state index is 12.2. The highest BCUT2D eigenvalue weighted by Gasteiger charge is 2.09. The number of nitrogens with one attached hydrogen (secondary N) is 2. The molecule has 0 saturated carbocycles. The number of benzene rings is 2. The molecule has 0 aliphatic rings. The fourth-order valence-electron chi connectivity index (χ4n) is 2.73. The Morgan fingerprint density at radius 3 is 2.54 bits per heavy atom. The normalized spacial score (nSPS) is 10.8. The number of H-pyrrole nitrogens is 1. The molecular weight excluding hydrogens is 368 g/mol. The van der Waals surface area contributed by atoms with Crippen molar-refractivity contribution in [2.24, 2.45) is 0 Å². The number of fused-ring (bicyclic) bond motifs is 1. The molecule has 24 heavy (non-hydrogen) atoms. The smallest absolute Gasteiger partial charge is 0.253 e. The Hall–Kier alpha value is -2.40. The predicted octanol–water partition coefficient (Wildman–Crippen LogP) is 3.84. The van der Waals surface area contributed by atoms with E-state index in [2.05, 4.69) is 32.3 Å². The van der Waals surface area contributed by atoms with Crippen molar-refractivity contribution in [1.29, 1.82) is 0 Å². The highest BCUT2D eigenvalue weighted by Crippen LogP contribution is 2.18. The van der Waals surface area contributed by atoms with Crippen LogP contribution in [0.5, 0.6) is 0 Å². The molecule has 122 valence electrons. The number of aromatic nitrogens is 1. The maximum absolute atomic E-state index is 12.2. The Kier molecular flexibility index (Phi) is 4.53. The van der Waals surface area contributed by atoms with Crippen LogP contribution in [0.3, 0.4) is 0 Å². The van der Waals surface area contributed by atoms with Crippen LogP contribution in [0.15, 0.2) is 51.7 Å². The lowest BCUT2D eigenvalue weighted by Gasteiger charge is -2.08. The summed E-state index contributed by atoms with van der Waals surface area (Å²) in [5.41, 5.74) is 3.94. The van der Waals surface area contributed by atoms with Crippen molar-refractivity contribution >= 4 is 32.7 Å². The molecule has 0 aliphatic heterocycles. The van der Waals surface area contributed by atoms with Crippen molar-refractivity contribution in [3.63, 3.8) is 0 Å². The summed E-state index contributed by atoms with van der Waals surface area (Å²) in [6, 6.07) is 13.0. The van der Waals surface area contributed by atoms with Gasteiger partial charge in [-0.1, -0.05) is 22.0 Å². The number of aryl methyl sites for hydroxylation is 2. The first-order chi connectivity index (χ1) is 11.4. The van der Waals surface area contributed by atoms with Gasteiger partial charge in [0.15, 0.2) is 0 Å². The fraction of sp³-hybridized carbons (Fsp3) is 0.158. The van der Waals surface area contributed by atoms with Crippen LogP contribution in [0, 0.1) is 13.8 Å². The second-order valence-corrected chi connectivity index (χ2v) is 6.77. The number of amides is 1. The summed E-state index contributed by atoms with van der Waals surface area (Å²) in [4.78, 5) is 27.3. The quantitative estimate of drug-likeness (QED) is 0.720. The van der Waals surface area contributed by atoms with Crippen LogP contribution in [0.4, 0.5) is 0 Å². The van der Waals surface area contributed by atoms with E-state index < -0.39 is 0 Å². The zero-order chi connectivity index (χ0) is 17.3. The number of rotatable bonds is 3. The molecule has 2 aromatic carbocycles. The van der Waals surface area contributed by atoms with Gasteiger partial charge in [-0.2, -0.15) is 0 Å². The first-order valence-corrected chi connectivity index (χ1v) is 8.40. The van der Waals surface area contributed by atoms with Gasteiger partial charge in [-0.3, -0.25) is 9.59 Å². The summed E-state index contributed by atoms with van der Waals surface area (Å²) in [6.45, 7) is 4.20. The van der Waals surface area contributed by atoms with Crippen LogP contribution >= 0.6 is 15.9 Å². The summed E-state index contributed by atoms with van der Waals surface area (Å²) in [5, 5.41) is 3.79. The molecule has 3 aromatic rings. The van der Waals surface area contributed by atoms with E-state index in [1.54, 1.807) is 12.1 Å². The monoisotopic (exact) mass is 384 g/mol. The number of pyridine rings is 1. The average molecular weight is 385 g/mol. The largest absolute Gasteiger partial charge is 0.348 e. The van der Waals surface area contributed by atoms with Gasteiger partial charge >= 0.3 is 0 Å². The Morgan fingerprint density at radius 1 is 1.12 bits per heavy atom. The van der Waals surface area contributed by atoms with Gasteiger partial charge in [-0.25, -0.2) is 0 Å². The van der Waals surface area contributed by atoms with Gasteiger partial charge in [0.2, 0.25) is 0 Å². The van der Waals surface area contributed by atoms with Crippen molar-refractivity contribution in [3.8, 4) is 0 Å². The Balaban J connectivity index is 1.85. The first-order valence-electron chi connectivity index (χ1n) is 7.61. The molecule has 1 aromatic heterocycles. The van der Waals surface area contributed by atoms with Crippen molar-refractivity contribution in [2.75, 3.05) is 0 Å². The van der Waals surface area contributed by atoms with Crippen LogP contribution in [0.1, 0.15) is 27.0 Å². The summed E-state index contributed by atoms with van der Waals surface area (Å²) in [6.07, 6.45) is 0. The summed E-state index contributed by atoms with van der Waals surface area (Å²) < 4.78 is 0.913. The van der Waals surface area contributed by atoms with Crippen molar-refractivity contribution in [1.82, 2.24) is 10.3 Å². The molecule has 0 fully saturated rings. The van der Waals surface area contributed by atoms with Gasteiger partial charge in [0.05, 0.1) is 0 Å². The molecule has 2 N–H and O–H groups in total. The second-order valence-electron chi connectivity index (χ2n) is 5.86. The minimum absolute atomic E-state index is 0.177. The summed E-state index contributed by atoms with van der Waals surface area (Å²) >= 11 is 3.34. The molecular formula is C19H17BrN2O2. The summed E-state index contributed by atoms with van der Waals surface area (Å²) in [5.74, 6) is -0.206. The second kappa shape index (κ2) is 6.61. The van der Waals surface area contributed by atoms with E-state index in [0.29, 0.717) is 11.1 Å². The first kappa shape index (κ1) is 16.5. The zero-order valence-electron chi connectivity index (χ0n) is 13.4. The Morgan fingerprint density at radius 2 is 1.83 bits per heavy atom. The van der Waals surface area contributed by atoms with E-state index >= 15 is 0 Å². The standard InChI is InChI=1S/C19H17BrN2O2/c1-11-7-12(2)16-9-14(19(24)22-17(16)8-11)10-21-18(23)13-3-5-15(20)6-4-13/h3-9H,10H2,1-2H3,(H,21,23)(H,22,24). The molecule has 0 aliphatic carbocycles. The SMILES string of the molecule is Cc1cc(C)c2cc(CNC(=O)c3ccc(Br)cc3)c(=O)[nH]c2c1. The highest BCUT2D eigenvalue weighted by atomic mass is 79.9. The molecule has 0 saturated heterocycles. The molecule has 5 heteroatoms. The third-order valence-electron chi connectivity index (χ3n) is 3.94. The lowest BCUT2D eigenvalue weighted by Crippen LogP contribution is -2.26. The van der Waals surface area contributed by atoms with Crippen molar-refractivity contribution in [3.05, 3.63) is 79.5 Å². The molecule has 3 rings (SSSR count).